The van der Waals surface area contributed by atoms with E-state index in [4.69, 9.17) is 16.3 Å². The van der Waals surface area contributed by atoms with Crippen LogP contribution in [0.3, 0.4) is 0 Å². The molecule has 0 unspecified atom stereocenters. The van der Waals surface area contributed by atoms with Gasteiger partial charge in [-0.05, 0) is 35.7 Å². The van der Waals surface area contributed by atoms with Gasteiger partial charge in [0.2, 0.25) is 14.9 Å². The summed E-state index contributed by atoms with van der Waals surface area (Å²) < 4.78 is 33.4. The van der Waals surface area contributed by atoms with Crippen molar-refractivity contribution in [3.05, 3.63) is 40.7 Å². The molecule has 0 spiro atoms. The van der Waals surface area contributed by atoms with Gasteiger partial charge in [0.1, 0.15) is 5.82 Å². The molecule has 0 amide bonds. The molecule has 1 N–H and O–H groups in total. The first-order chi connectivity index (χ1) is 13.0. The molecule has 0 saturated heterocycles. The van der Waals surface area contributed by atoms with E-state index in [1.165, 1.54) is 40.1 Å². The van der Waals surface area contributed by atoms with E-state index < -0.39 is 9.84 Å². The number of thiophene rings is 1. The third-order valence-electron chi connectivity index (χ3n) is 3.90. The lowest BCUT2D eigenvalue weighted by Crippen LogP contribution is -2.10. The molecule has 0 aliphatic carbocycles. The van der Waals surface area contributed by atoms with Crippen LogP contribution in [0.1, 0.15) is 0 Å². The minimum Gasteiger partial charge on any atom is -0.383 e. The van der Waals surface area contributed by atoms with Crippen LogP contribution in [0.25, 0.3) is 15.9 Å². The SMILES string of the molecule is COCCNc1nc2c(S(=O)(=O)c3ccc(Cl)cc3)nnn2c2ccsc12. The van der Waals surface area contributed by atoms with Crippen LogP contribution in [0.5, 0.6) is 0 Å². The van der Waals surface area contributed by atoms with Crippen LogP contribution in [-0.4, -0.2) is 48.5 Å². The number of nitrogens with one attached hydrogen (secondary N) is 1. The molecule has 0 aliphatic heterocycles. The minimum absolute atomic E-state index is 0.0791. The molecular formula is C16H14ClN5O3S2. The first kappa shape index (κ1) is 18.1. The van der Waals surface area contributed by atoms with Gasteiger partial charge < -0.3 is 10.1 Å². The summed E-state index contributed by atoms with van der Waals surface area (Å²) in [4.78, 5) is 4.57. The van der Waals surface area contributed by atoms with Crippen molar-refractivity contribution < 1.29 is 13.2 Å². The van der Waals surface area contributed by atoms with Crippen LogP contribution in [0.4, 0.5) is 5.82 Å². The van der Waals surface area contributed by atoms with Crippen molar-refractivity contribution >= 4 is 54.5 Å². The van der Waals surface area contributed by atoms with E-state index in [9.17, 15) is 8.42 Å². The van der Waals surface area contributed by atoms with Gasteiger partial charge in [0.15, 0.2) is 5.65 Å². The molecule has 140 valence electrons. The highest BCUT2D eigenvalue weighted by Crippen LogP contribution is 2.31. The Morgan fingerprint density at radius 1 is 1.26 bits per heavy atom. The number of anilines is 1. The summed E-state index contributed by atoms with van der Waals surface area (Å²) in [6.45, 7) is 1.03. The summed E-state index contributed by atoms with van der Waals surface area (Å²) in [5.41, 5.74) is 0.894. The molecule has 0 radical (unpaired) electrons. The van der Waals surface area contributed by atoms with E-state index in [0.29, 0.717) is 24.0 Å². The quantitative estimate of drug-likeness (QED) is 0.476. The third-order valence-corrected chi connectivity index (χ3v) is 6.73. The summed E-state index contributed by atoms with van der Waals surface area (Å²) >= 11 is 7.34. The number of rotatable bonds is 6. The maximum Gasteiger partial charge on any atom is 0.229 e. The molecule has 3 heterocycles. The molecule has 11 heteroatoms. The van der Waals surface area contributed by atoms with Gasteiger partial charge >= 0.3 is 0 Å². The number of hydrogen-bond acceptors (Lipinski definition) is 8. The highest BCUT2D eigenvalue weighted by molar-refractivity contribution is 7.91. The molecule has 0 aliphatic rings. The fourth-order valence-electron chi connectivity index (χ4n) is 2.61. The molecule has 4 rings (SSSR count). The number of sulfone groups is 1. The van der Waals surface area contributed by atoms with Crippen LogP contribution >= 0.6 is 22.9 Å². The lowest BCUT2D eigenvalue weighted by Gasteiger charge is -2.07. The Labute approximate surface area is 163 Å². The zero-order chi connectivity index (χ0) is 19.0. The van der Waals surface area contributed by atoms with E-state index in [-0.39, 0.29) is 15.6 Å². The van der Waals surface area contributed by atoms with Crippen LogP contribution in [-0.2, 0) is 14.6 Å². The van der Waals surface area contributed by atoms with Crippen molar-refractivity contribution in [2.75, 3.05) is 25.6 Å². The molecule has 27 heavy (non-hydrogen) atoms. The average molecular weight is 424 g/mol. The normalized spacial score (nSPS) is 12.1. The molecule has 3 aromatic heterocycles. The summed E-state index contributed by atoms with van der Waals surface area (Å²) in [5.74, 6) is 0.569. The van der Waals surface area contributed by atoms with E-state index >= 15 is 0 Å². The van der Waals surface area contributed by atoms with E-state index in [0.717, 1.165) is 10.2 Å². The topological polar surface area (TPSA) is 98.5 Å². The Morgan fingerprint density at radius 3 is 2.78 bits per heavy atom. The number of halogens is 1. The lowest BCUT2D eigenvalue weighted by molar-refractivity contribution is 0.210. The van der Waals surface area contributed by atoms with Crippen LogP contribution < -0.4 is 5.32 Å². The van der Waals surface area contributed by atoms with Gasteiger partial charge in [-0.2, -0.15) is 4.52 Å². The number of benzene rings is 1. The highest BCUT2D eigenvalue weighted by atomic mass is 35.5. The largest absolute Gasteiger partial charge is 0.383 e. The van der Waals surface area contributed by atoms with Crippen LogP contribution in [0.15, 0.2) is 45.6 Å². The van der Waals surface area contributed by atoms with Crippen molar-refractivity contribution in [2.24, 2.45) is 0 Å². The molecule has 0 saturated carbocycles. The predicted octanol–water partition coefficient (Wildman–Crippen LogP) is 2.88. The Morgan fingerprint density at radius 2 is 2.04 bits per heavy atom. The van der Waals surface area contributed by atoms with Crippen molar-refractivity contribution in [2.45, 2.75) is 9.92 Å². The predicted molar refractivity (Wildman–Crippen MR) is 103 cm³/mol. The van der Waals surface area contributed by atoms with Crippen LogP contribution in [0.2, 0.25) is 5.02 Å². The van der Waals surface area contributed by atoms with Gasteiger partial charge in [-0.1, -0.05) is 16.8 Å². The highest BCUT2D eigenvalue weighted by Gasteiger charge is 2.27. The number of ether oxygens (including phenoxy) is 1. The van der Waals surface area contributed by atoms with Crippen molar-refractivity contribution in [3.63, 3.8) is 0 Å². The maximum atomic E-state index is 13.0. The van der Waals surface area contributed by atoms with Gasteiger partial charge in [-0.25, -0.2) is 13.4 Å². The van der Waals surface area contributed by atoms with Gasteiger partial charge in [-0.15, -0.1) is 16.4 Å². The molecule has 0 fully saturated rings. The second-order valence-corrected chi connectivity index (χ2v) is 8.82. The number of nitrogens with zero attached hydrogens (tertiary/aromatic N) is 4. The zero-order valence-corrected chi connectivity index (χ0v) is 16.5. The lowest BCUT2D eigenvalue weighted by atomic mass is 10.4. The Hall–Kier alpha value is -2.27. The number of aromatic nitrogens is 4. The fraction of sp³-hybridized carbons (Fsp3) is 0.188. The Bertz CT molecular complexity index is 1220. The fourth-order valence-corrected chi connectivity index (χ4v) is 4.81. The summed E-state index contributed by atoms with van der Waals surface area (Å²) in [7, 11) is -2.29. The molecule has 4 aromatic rings. The standard InChI is InChI=1S/C16H14ClN5O3S2/c1-25-8-7-18-14-13-12(6-9-26-13)22-15(19-14)16(20-21-22)27(23,24)11-4-2-10(17)3-5-11/h2-6,9H,7-8H2,1H3,(H,18,19). The summed E-state index contributed by atoms with van der Waals surface area (Å²) in [6, 6.07) is 7.75. The van der Waals surface area contributed by atoms with Crippen molar-refractivity contribution in [3.8, 4) is 0 Å². The maximum absolute atomic E-state index is 13.0. The van der Waals surface area contributed by atoms with Gasteiger partial charge in [0.25, 0.3) is 0 Å². The Balaban J connectivity index is 1.89. The average Bonchev–Trinajstić information content (AvgIpc) is 3.29. The molecule has 8 nitrogen and oxygen atoms in total. The van der Waals surface area contributed by atoms with Gasteiger partial charge in [-0.3, -0.25) is 0 Å². The smallest absolute Gasteiger partial charge is 0.229 e. The van der Waals surface area contributed by atoms with Gasteiger partial charge in [0.05, 0.1) is 21.7 Å². The first-order valence-electron chi connectivity index (χ1n) is 7.88. The van der Waals surface area contributed by atoms with Gasteiger partial charge in [0, 0.05) is 18.7 Å². The summed E-state index contributed by atoms with van der Waals surface area (Å²) in [6.07, 6.45) is 0. The number of methoxy groups -OCH3 is 1. The minimum atomic E-state index is -3.90. The van der Waals surface area contributed by atoms with Crippen molar-refractivity contribution in [1.29, 1.82) is 0 Å². The molecule has 0 bridgehead atoms. The van der Waals surface area contributed by atoms with Crippen LogP contribution in [0, 0.1) is 0 Å². The van der Waals surface area contributed by atoms with E-state index in [1.807, 2.05) is 11.4 Å². The molecule has 1 aromatic carbocycles. The summed E-state index contributed by atoms with van der Waals surface area (Å²) in [5, 5.41) is 13.2. The molecular weight excluding hydrogens is 410 g/mol. The first-order valence-corrected chi connectivity index (χ1v) is 10.6. The van der Waals surface area contributed by atoms with Crippen molar-refractivity contribution in [1.82, 2.24) is 19.8 Å². The third kappa shape index (κ3) is 3.14. The zero-order valence-electron chi connectivity index (χ0n) is 14.1. The van der Waals surface area contributed by atoms with E-state index in [2.05, 4.69) is 20.6 Å². The number of fused-ring (bicyclic) bond motifs is 3. The second kappa shape index (κ2) is 7.04. The van der Waals surface area contributed by atoms with E-state index in [1.54, 1.807) is 7.11 Å². The second-order valence-electron chi connectivity index (χ2n) is 5.60. The molecule has 0 atom stereocenters. The monoisotopic (exact) mass is 423 g/mol. The number of hydrogen-bond donors (Lipinski definition) is 1. The Kier molecular flexibility index (Phi) is 4.72.